The second kappa shape index (κ2) is 7.00. The summed E-state index contributed by atoms with van der Waals surface area (Å²) in [5.74, 6) is 0.205. The van der Waals surface area contributed by atoms with Gasteiger partial charge in [0.1, 0.15) is 0 Å². The molecule has 3 atom stereocenters. The fourth-order valence-electron chi connectivity index (χ4n) is 4.28. The van der Waals surface area contributed by atoms with E-state index in [9.17, 15) is 13.2 Å². The van der Waals surface area contributed by atoms with Gasteiger partial charge in [0.25, 0.3) is 15.9 Å². The van der Waals surface area contributed by atoms with Crippen LogP contribution in [0.1, 0.15) is 23.2 Å². The van der Waals surface area contributed by atoms with Gasteiger partial charge >= 0.3 is 0 Å². The first-order chi connectivity index (χ1) is 12.9. The second-order valence-corrected chi connectivity index (χ2v) is 9.78. The van der Waals surface area contributed by atoms with Gasteiger partial charge in [-0.15, -0.1) is 0 Å². The van der Waals surface area contributed by atoms with E-state index in [-0.39, 0.29) is 28.8 Å². The maximum atomic E-state index is 12.9. The normalized spacial score (nSPS) is 28.0. The lowest BCUT2D eigenvalue weighted by Gasteiger charge is -2.22. The molecule has 1 aliphatic carbocycles. The summed E-state index contributed by atoms with van der Waals surface area (Å²) < 4.78 is 27.3. The number of hydrogen-bond acceptors (Lipinski definition) is 5. The van der Waals surface area contributed by atoms with Crippen LogP contribution in [0.25, 0.3) is 0 Å². The van der Waals surface area contributed by atoms with Crippen molar-refractivity contribution in [1.82, 2.24) is 19.8 Å². The molecule has 27 heavy (non-hydrogen) atoms. The molecule has 2 N–H and O–H groups in total. The van der Waals surface area contributed by atoms with Crippen LogP contribution in [0, 0.1) is 11.8 Å². The number of amides is 1. The van der Waals surface area contributed by atoms with Gasteiger partial charge in [-0.2, -0.15) is 4.31 Å². The Morgan fingerprint density at radius 3 is 2.74 bits per heavy atom. The monoisotopic (exact) mass is 410 g/mol. The van der Waals surface area contributed by atoms with E-state index in [1.165, 1.54) is 0 Å². The molecular weight excluding hydrogens is 388 g/mol. The number of benzene rings is 1. The third-order valence-electron chi connectivity index (χ3n) is 5.72. The smallest absolute Gasteiger partial charge is 0.259 e. The largest absolute Gasteiger partial charge is 0.361 e. The van der Waals surface area contributed by atoms with E-state index in [0.717, 1.165) is 12.8 Å². The second-order valence-electron chi connectivity index (χ2n) is 7.47. The van der Waals surface area contributed by atoms with E-state index in [0.29, 0.717) is 30.3 Å². The summed E-state index contributed by atoms with van der Waals surface area (Å²) in [5.41, 5.74) is 0.452. The predicted molar refractivity (Wildman–Crippen MR) is 103 cm³/mol. The van der Waals surface area contributed by atoms with Gasteiger partial charge in [0.2, 0.25) is 0 Å². The Hall–Kier alpha value is -1.77. The molecule has 3 aliphatic rings. The molecule has 0 spiro atoms. The van der Waals surface area contributed by atoms with Crippen molar-refractivity contribution in [1.29, 1.82) is 0 Å². The molecule has 2 fully saturated rings. The Kier molecular flexibility index (Phi) is 4.82. The van der Waals surface area contributed by atoms with Crippen molar-refractivity contribution in [2.24, 2.45) is 11.8 Å². The Labute approximate surface area is 164 Å². The van der Waals surface area contributed by atoms with Gasteiger partial charge in [-0.3, -0.25) is 4.79 Å². The highest BCUT2D eigenvalue weighted by Gasteiger charge is 2.47. The van der Waals surface area contributed by atoms with E-state index in [4.69, 9.17) is 11.6 Å². The molecule has 9 heteroatoms. The molecule has 0 bridgehead atoms. The zero-order chi connectivity index (χ0) is 19.2. The van der Waals surface area contributed by atoms with Gasteiger partial charge in [-0.25, -0.2) is 8.42 Å². The molecule has 1 aromatic carbocycles. The number of carbonyl (C=O) groups is 1. The summed E-state index contributed by atoms with van der Waals surface area (Å²) in [4.78, 5) is 14.4. The van der Waals surface area contributed by atoms with Crippen LogP contribution in [0.2, 0.25) is 5.02 Å². The molecular formula is C18H23ClN4O3S. The van der Waals surface area contributed by atoms with Crippen LogP contribution in [0.15, 0.2) is 35.5 Å². The van der Waals surface area contributed by atoms with Gasteiger partial charge in [0, 0.05) is 32.4 Å². The van der Waals surface area contributed by atoms with Crippen LogP contribution in [0.3, 0.4) is 0 Å². The van der Waals surface area contributed by atoms with Crippen molar-refractivity contribution in [3.8, 4) is 0 Å². The van der Waals surface area contributed by atoms with Crippen molar-refractivity contribution < 1.29 is 13.2 Å². The fourth-order valence-corrected chi connectivity index (χ4v) is 6.10. The minimum Gasteiger partial charge on any atom is -0.361 e. The lowest BCUT2D eigenvalue weighted by molar-refractivity contribution is 0.0927. The van der Waals surface area contributed by atoms with Crippen LogP contribution in [-0.2, 0) is 10.0 Å². The SMILES string of the molecule is CN1C=C(S(=O)(=O)N2CC3CCC(NC(=O)c4ccccc4Cl)C3C2)NC1. The number of hydrogen-bond donors (Lipinski definition) is 2. The van der Waals surface area contributed by atoms with Crippen LogP contribution in [0.5, 0.6) is 0 Å². The number of fused-ring (bicyclic) bond motifs is 1. The molecule has 0 radical (unpaired) electrons. The van der Waals surface area contributed by atoms with Gasteiger partial charge in [-0.05, 0) is 36.8 Å². The van der Waals surface area contributed by atoms with E-state index in [1.54, 1.807) is 39.7 Å². The Balaban J connectivity index is 1.45. The highest BCUT2D eigenvalue weighted by Crippen LogP contribution is 2.40. The van der Waals surface area contributed by atoms with Crippen LogP contribution in [0.4, 0.5) is 0 Å². The molecule has 1 amide bonds. The summed E-state index contributed by atoms with van der Waals surface area (Å²) in [6.07, 6.45) is 3.40. The van der Waals surface area contributed by atoms with Gasteiger partial charge in [-0.1, -0.05) is 23.7 Å². The molecule has 7 nitrogen and oxygen atoms in total. The average Bonchev–Trinajstić information content (AvgIpc) is 3.32. The lowest BCUT2D eigenvalue weighted by atomic mass is 9.97. The summed E-state index contributed by atoms with van der Waals surface area (Å²) >= 11 is 6.12. The van der Waals surface area contributed by atoms with Crippen LogP contribution >= 0.6 is 11.6 Å². The Morgan fingerprint density at radius 1 is 1.26 bits per heavy atom. The number of halogens is 1. The number of rotatable bonds is 4. The van der Waals surface area contributed by atoms with Crippen molar-refractivity contribution in [3.63, 3.8) is 0 Å². The Morgan fingerprint density at radius 2 is 2.04 bits per heavy atom. The van der Waals surface area contributed by atoms with Crippen LogP contribution in [-0.4, -0.2) is 56.4 Å². The Bertz CT molecular complexity index is 888. The zero-order valence-corrected chi connectivity index (χ0v) is 16.6. The van der Waals surface area contributed by atoms with Crippen LogP contribution < -0.4 is 10.6 Å². The summed E-state index contributed by atoms with van der Waals surface area (Å²) in [7, 11) is -1.69. The molecule has 1 aromatic rings. The zero-order valence-electron chi connectivity index (χ0n) is 15.1. The molecule has 146 valence electrons. The molecule has 1 saturated carbocycles. The third kappa shape index (κ3) is 3.41. The van der Waals surface area contributed by atoms with Crippen molar-refractivity contribution in [2.45, 2.75) is 18.9 Å². The fraction of sp³-hybridized carbons (Fsp3) is 0.500. The maximum absolute atomic E-state index is 12.9. The quantitative estimate of drug-likeness (QED) is 0.784. The van der Waals surface area contributed by atoms with Gasteiger partial charge < -0.3 is 15.5 Å². The third-order valence-corrected chi connectivity index (χ3v) is 7.83. The van der Waals surface area contributed by atoms with Gasteiger partial charge in [0.05, 0.1) is 17.3 Å². The molecule has 3 unspecified atom stereocenters. The van der Waals surface area contributed by atoms with Crippen molar-refractivity contribution >= 4 is 27.5 Å². The minimum absolute atomic E-state index is 0.0350. The van der Waals surface area contributed by atoms with Gasteiger partial charge in [0.15, 0.2) is 5.03 Å². The van der Waals surface area contributed by atoms with E-state index in [1.807, 2.05) is 7.05 Å². The average molecular weight is 411 g/mol. The number of nitrogens with zero attached hydrogens (tertiary/aromatic N) is 2. The van der Waals surface area contributed by atoms with Crippen molar-refractivity contribution in [2.75, 3.05) is 26.8 Å². The standard InChI is InChI=1S/C18H23ClN4O3S/c1-22-10-17(20-11-22)27(25,26)23-8-12-6-7-16(14(12)9-23)21-18(24)13-4-2-3-5-15(13)19/h2-5,10,12,14,16,20H,6-9,11H2,1H3,(H,21,24). The highest BCUT2D eigenvalue weighted by molar-refractivity contribution is 7.93. The summed E-state index contributed by atoms with van der Waals surface area (Å²) in [5, 5.41) is 6.68. The molecule has 1 saturated heterocycles. The number of sulfonamides is 1. The van der Waals surface area contributed by atoms with Crippen molar-refractivity contribution in [3.05, 3.63) is 46.1 Å². The maximum Gasteiger partial charge on any atom is 0.259 e. The first kappa shape index (κ1) is 18.6. The topological polar surface area (TPSA) is 81.8 Å². The predicted octanol–water partition coefficient (Wildman–Crippen LogP) is 1.40. The number of nitrogens with one attached hydrogen (secondary N) is 2. The first-order valence-electron chi connectivity index (χ1n) is 9.08. The number of carbonyl (C=O) groups excluding carboxylic acids is 1. The lowest BCUT2D eigenvalue weighted by Crippen LogP contribution is -2.41. The molecule has 4 rings (SSSR count). The van der Waals surface area contributed by atoms with E-state index >= 15 is 0 Å². The summed E-state index contributed by atoms with van der Waals surface area (Å²) in [6.45, 7) is 1.43. The molecule has 2 aliphatic heterocycles. The minimum atomic E-state index is -3.52. The molecule has 2 heterocycles. The van der Waals surface area contributed by atoms with E-state index < -0.39 is 10.0 Å². The highest BCUT2D eigenvalue weighted by atomic mass is 35.5. The van der Waals surface area contributed by atoms with E-state index in [2.05, 4.69) is 10.6 Å². The first-order valence-corrected chi connectivity index (χ1v) is 10.9. The molecule has 0 aromatic heterocycles. The summed E-state index contributed by atoms with van der Waals surface area (Å²) in [6, 6.07) is 6.92.